The second-order valence-corrected chi connectivity index (χ2v) is 11.0. The van der Waals surface area contributed by atoms with Gasteiger partial charge in [0.2, 0.25) is 11.5 Å². The Labute approximate surface area is 226 Å². The number of aliphatic hydroxyl groups is 1. The number of benzene rings is 2. The number of hydrogen-bond acceptors (Lipinski definition) is 10. The molecule has 2 aromatic heterocycles. The van der Waals surface area contributed by atoms with E-state index in [2.05, 4.69) is 9.97 Å². The molecule has 196 valence electrons. The third-order valence-corrected chi connectivity index (χ3v) is 8.39. The second-order valence-electron chi connectivity index (χ2n) is 8.74. The second kappa shape index (κ2) is 9.73. The SMILES string of the molecule is COc1cc(C2C(C(=O)c3sc(C)nc3C)=C(O)C(=O)N2c2nc3ccc(C)cc3s2)cc(OC)c1OC. The van der Waals surface area contributed by atoms with Crippen LogP contribution in [0.2, 0.25) is 0 Å². The van der Waals surface area contributed by atoms with E-state index in [4.69, 9.17) is 14.2 Å². The minimum atomic E-state index is -1.01. The molecule has 9 nitrogen and oxygen atoms in total. The lowest BCUT2D eigenvalue weighted by molar-refractivity contribution is -0.117. The molecule has 0 spiro atoms. The van der Waals surface area contributed by atoms with Gasteiger partial charge in [0.15, 0.2) is 22.4 Å². The molecule has 5 rings (SSSR count). The molecule has 0 radical (unpaired) electrons. The third-order valence-electron chi connectivity index (χ3n) is 6.30. The molecule has 1 aliphatic heterocycles. The van der Waals surface area contributed by atoms with E-state index in [1.807, 2.05) is 25.1 Å². The highest BCUT2D eigenvalue weighted by molar-refractivity contribution is 7.22. The van der Waals surface area contributed by atoms with Crippen LogP contribution in [-0.2, 0) is 4.79 Å². The van der Waals surface area contributed by atoms with Crippen molar-refractivity contribution < 1.29 is 28.9 Å². The number of anilines is 1. The molecule has 38 heavy (non-hydrogen) atoms. The highest BCUT2D eigenvalue weighted by Gasteiger charge is 2.47. The molecule has 2 aromatic carbocycles. The van der Waals surface area contributed by atoms with Gasteiger partial charge in [-0.25, -0.2) is 9.97 Å². The Hall–Kier alpha value is -3.96. The summed E-state index contributed by atoms with van der Waals surface area (Å²) in [5, 5.41) is 12.2. The Balaban J connectivity index is 1.75. The number of methoxy groups -OCH3 is 3. The number of rotatable bonds is 7. The topological polar surface area (TPSA) is 111 Å². The lowest BCUT2D eigenvalue weighted by Gasteiger charge is -2.25. The first-order valence-electron chi connectivity index (χ1n) is 11.6. The summed E-state index contributed by atoms with van der Waals surface area (Å²) >= 11 is 2.52. The van der Waals surface area contributed by atoms with Gasteiger partial charge in [0.25, 0.3) is 5.91 Å². The van der Waals surface area contributed by atoms with Crippen LogP contribution in [0.3, 0.4) is 0 Å². The van der Waals surface area contributed by atoms with Crippen molar-refractivity contribution in [2.24, 2.45) is 0 Å². The first-order valence-corrected chi connectivity index (χ1v) is 13.2. The molecular formula is C27H25N3O6S2. The molecule has 11 heteroatoms. The Kier molecular flexibility index (Phi) is 6.58. The zero-order valence-corrected chi connectivity index (χ0v) is 23.2. The quantitative estimate of drug-likeness (QED) is 0.300. The molecule has 1 amide bonds. The van der Waals surface area contributed by atoms with Crippen molar-refractivity contribution in [3.63, 3.8) is 0 Å². The van der Waals surface area contributed by atoms with E-state index in [0.717, 1.165) is 10.3 Å². The minimum absolute atomic E-state index is 0.0635. The van der Waals surface area contributed by atoms with Gasteiger partial charge in [-0.15, -0.1) is 11.3 Å². The van der Waals surface area contributed by atoms with E-state index in [9.17, 15) is 14.7 Å². The van der Waals surface area contributed by atoms with Crippen molar-refractivity contribution in [2.75, 3.05) is 26.2 Å². The number of ether oxygens (including phenoxy) is 3. The van der Waals surface area contributed by atoms with Gasteiger partial charge >= 0.3 is 0 Å². The van der Waals surface area contributed by atoms with Crippen LogP contribution in [0.1, 0.15) is 37.5 Å². The number of fused-ring (bicyclic) bond motifs is 1. The van der Waals surface area contributed by atoms with E-state index in [1.54, 1.807) is 26.0 Å². The van der Waals surface area contributed by atoms with Crippen LogP contribution < -0.4 is 19.1 Å². The first kappa shape index (κ1) is 25.7. The number of ketones is 1. The van der Waals surface area contributed by atoms with E-state index in [-0.39, 0.29) is 5.57 Å². The molecule has 1 unspecified atom stereocenters. The molecule has 0 aliphatic carbocycles. The maximum atomic E-state index is 13.9. The monoisotopic (exact) mass is 551 g/mol. The Bertz CT molecular complexity index is 1610. The Morgan fingerprint density at radius 3 is 2.24 bits per heavy atom. The smallest absolute Gasteiger partial charge is 0.296 e. The predicted molar refractivity (Wildman–Crippen MR) is 146 cm³/mol. The normalized spacial score (nSPS) is 15.5. The van der Waals surface area contributed by atoms with E-state index >= 15 is 0 Å². The zero-order chi connectivity index (χ0) is 27.3. The molecule has 1 aliphatic rings. The molecule has 4 aromatic rings. The molecule has 3 heterocycles. The number of aliphatic hydroxyl groups excluding tert-OH is 1. The Morgan fingerprint density at radius 1 is 0.974 bits per heavy atom. The number of thiazole rings is 2. The van der Waals surface area contributed by atoms with Crippen molar-refractivity contribution in [1.82, 2.24) is 9.97 Å². The van der Waals surface area contributed by atoms with Crippen LogP contribution >= 0.6 is 22.7 Å². The average Bonchev–Trinajstić information content (AvgIpc) is 3.55. The summed E-state index contributed by atoms with van der Waals surface area (Å²) in [5.41, 5.74) is 2.71. The zero-order valence-electron chi connectivity index (χ0n) is 21.6. The molecule has 0 fully saturated rings. The van der Waals surface area contributed by atoms with Gasteiger partial charge in [0.05, 0.1) is 58.7 Å². The molecular weight excluding hydrogens is 526 g/mol. The summed E-state index contributed by atoms with van der Waals surface area (Å²) in [5.74, 6) is -0.775. The lowest BCUT2D eigenvalue weighted by atomic mass is 9.94. The van der Waals surface area contributed by atoms with Crippen LogP contribution in [0.4, 0.5) is 5.13 Å². The van der Waals surface area contributed by atoms with Crippen LogP contribution in [0.15, 0.2) is 41.7 Å². The minimum Gasteiger partial charge on any atom is -0.503 e. The standard InChI is InChI=1S/C27H25N3O6S2/c1-12-7-8-16-19(9-12)38-27(29-16)30-21(15-10-17(34-4)24(36-6)18(11-15)35-5)20(23(32)26(30)33)22(31)25-13(2)28-14(3)37-25/h7-11,21,32H,1-6H3. The number of nitrogens with zero attached hydrogens (tertiary/aromatic N) is 3. The van der Waals surface area contributed by atoms with Gasteiger partial charge in [-0.05, 0) is 56.2 Å². The summed E-state index contributed by atoms with van der Waals surface area (Å²) in [6, 6.07) is 8.12. The molecule has 0 saturated carbocycles. The van der Waals surface area contributed by atoms with Gasteiger partial charge < -0.3 is 19.3 Å². The maximum absolute atomic E-state index is 13.9. The van der Waals surface area contributed by atoms with Gasteiger partial charge in [-0.3, -0.25) is 14.5 Å². The number of carbonyl (C=O) groups excluding carboxylic acids is 2. The highest BCUT2D eigenvalue weighted by Crippen LogP contribution is 2.48. The maximum Gasteiger partial charge on any atom is 0.296 e. The van der Waals surface area contributed by atoms with Crippen molar-refractivity contribution in [3.8, 4) is 17.2 Å². The predicted octanol–water partition coefficient (Wildman–Crippen LogP) is 5.49. The first-order chi connectivity index (χ1) is 18.2. The molecule has 0 saturated heterocycles. The fraction of sp³-hybridized carbons (Fsp3) is 0.259. The molecule has 1 atom stereocenters. The van der Waals surface area contributed by atoms with Crippen molar-refractivity contribution in [1.29, 1.82) is 0 Å². The highest BCUT2D eigenvalue weighted by atomic mass is 32.1. The van der Waals surface area contributed by atoms with Crippen LogP contribution in [0.5, 0.6) is 17.2 Å². The Morgan fingerprint density at radius 2 is 1.66 bits per heavy atom. The van der Waals surface area contributed by atoms with E-state index in [0.29, 0.717) is 49.0 Å². The van der Waals surface area contributed by atoms with Gasteiger partial charge in [0.1, 0.15) is 0 Å². The fourth-order valence-corrected chi connectivity index (χ4v) is 6.56. The van der Waals surface area contributed by atoms with Crippen LogP contribution in [0.25, 0.3) is 10.2 Å². The number of hydrogen-bond donors (Lipinski definition) is 1. The van der Waals surface area contributed by atoms with Gasteiger partial charge in [-0.1, -0.05) is 17.4 Å². The fourth-order valence-electron chi connectivity index (χ4n) is 4.60. The summed E-state index contributed by atoms with van der Waals surface area (Å²) in [6.45, 7) is 5.50. The van der Waals surface area contributed by atoms with E-state index in [1.165, 1.54) is 48.9 Å². The number of carbonyl (C=O) groups is 2. The number of Topliss-reactive ketones (excluding diaryl/α,β-unsaturated/α-hetero) is 1. The summed E-state index contributed by atoms with van der Waals surface area (Å²) in [7, 11) is 4.46. The van der Waals surface area contributed by atoms with Crippen molar-refractivity contribution in [2.45, 2.75) is 26.8 Å². The number of amides is 1. The summed E-state index contributed by atoms with van der Waals surface area (Å²) in [4.78, 5) is 38.3. The van der Waals surface area contributed by atoms with Gasteiger partial charge in [-0.2, -0.15) is 0 Å². The van der Waals surface area contributed by atoms with Crippen molar-refractivity contribution >= 4 is 49.7 Å². The third kappa shape index (κ3) is 4.07. The largest absolute Gasteiger partial charge is 0.503 e. The lowest BCUT2D eigenvalue weighted by Crippen LogP contribution is -2.31. The average molecular weight is 552 g/mol. The summed E-state index contributed by atoms with van der Waals surface area (Å²) in [6.07, 6.45) is 0. The van der Waals surface area contributed by atoms with Crippen molar-refractivity contribution in [3.05, 3.63) is 68.4 Å². The summed E-state index contributed by atoms with van der Waals surface area (Å²) < 4.78 is 17.4. The van der Waals surface area contributed by atoms with Crippen LogP contribution in [0, 0.1) is 20.8 Å². The number of aromatic nitrogens is 2. The van der Waals surface area contributed by atoms with E-state index < -0.39 is 23.5 Å². The van der Waals surface area contributed by atoms with Crippen LogP contribution in [-0.4, -0.2) is 48.1 Å². The van der Waals surface area contributed by atoms with Gasteiger partial charge in [0, 0.05) is 0 Å². The number of aryl methyl sites for hydroxylation is 3. The molecule has 0 bridgehead atoms. The molecule has 1 N–H and O–H groups in total.